The molecule has 8 heteroatoms. The Kier molecular flexibility index (Phi) is 6.34. The largest absolute Gasteiger partial charge is 0.349 e. The Morgan fingerprint density at radius 2 is 1.41 bits per heavy atom. The monoisotopic (exact) mass is 415 g/mol. The minimum atomic E-state index is -3.56. The van der Waals surface area contributed by atoms with Crippen LogP contribution in [0.4, 0.5) is 5.69 Å². The molecule has 1 fully saturated rings. The van der Waals surface area contributed by atoms with Crippen LogP contribution in [0.15, 0.2) is 53.4 Å². The van der Waals surface area contributed by atoms with E-state index in [-0.39, 0.29) is 22.8 Å². The van der Waals surface area contributed by atoms with Crippen molar-refractivity contribution in [2.45, 2.75) is 37.6 Å². The van der Waals surface area contributed by atoms with Gasteiger partial charge >= 0.3 is 0 Å². The molecule has 2 aromatic rings. The molecule has 29 heavy (non-hydrogen) atoms. The maximum Gasteiger partial charge on any atom is 0.255 e. The molecule has 7 nitrogen and oxygen atoms in total. The van der Waals surface area contributed by atoms with Gasteiger partial charge in [-0.2, -0.15) is 4.31 Å². The summed E-state index contributed by atoms with van der Waals surface area (Å²) in [4.78, 5) is 24.6. The molecule has 0 unspecified atom stereocenters. The number of benzene rings is 2. The Labute approximate surface area is 171 Å². The molecule has 1 saturated carbocycles. The first-order valence-electron chi connectivity index (χ1n) is 9.67. The molecule has 0 aliphatic heterocycles. The van der Waals surface area contributed by atoms with Gasteiger partial charge in [-0.25, -0.2) is 8.42 Å². The standard InChI is InChI=1S/C21H25N3O4S/c1-3-24(4-2)29(27,28)19-13-7-16(8-14-19)21(26)22-17-9-5-15(6-10-17)20(25)23-18-11-12-18/h5-10,13-14,18H,3-4,11-12H2,1-2H3,(H,22,26)(H,23,25). The van der Waals surface area contributed by atoms with Crippen LogP contribution in [0.3, 0.4) is 0 Å². The summed E-state index contributed by atoms with van der Waals surface area (Å²) in [6.07, 6.45) is 2.05. The van der Waals surface area contributed by atoms with Crippen LogP contribution in [0.2, 0.25) is 0 Å². The molecule has 0 radical (unpaired) electrons. The molecule has 0 saturated heterocycles. The summed E-state index contributed by atoms with van der Waals surface area (Å²) in [7, 11) is -3.56. The van der Waals surface area contributed by atoms with Crippen LogP contribution in [0.25, 0.3) is 0 Å². The van der Waals surface area contributed by atoms with Crippen LogP contribution >= 0.6 is 0 Å². The Morgan fingerprint density at radius 1 is 0.897 bits per heavy atom. The van der Waals surface area contributed by atoms with E-state index in [4.69, 9.17) is 0 Å². The lowest BCUT2D eigenvalue weighted by Gasteiger charge is -2.18. The van der Waals surface area contributed by atoms with Crippen molar-refractivity contribution in [1.29, 1.82) is 0 Å². The van der Waals surface area contributed by atoms with Gasteiger partial charge in [-0.05, 0) is 61.4 Å². The van der Waals surface area contributed by atoms with Crippen molar-refractivity contribution in [1.82, 2.24) is 9.62 Å². The van der Waals surface area contributed by atoms with Gasteiger partial charge in [-0.1, -0.05) is 13.8 Å². The van der Waals surface area contributed by atoms with Crippen molar-refractivity contribution < 1.29 is 18.0 Å². The van der Waals surface area contributed by atoms with E-state index in [1.807, 2.05) is 0 Å². The van der Waals surface area contributed by atoms with E-state index in [1.54, 1.807) is 38.1 Å². The SMILES string of the molecule is CCN(CC)S(=O)(=O)c1ccc(C(=O)Nc2ccc(C(=O)NC3CC3)cc2)cc1. The summed E-state index contributed by atoms with van der Waals surface area (Å²) in [6.45, 7) is 4.33. The summed E-state index contributed by atoms with van der Waals surface area (Å²) < 4.78 is 26.4. The first-order chi connectivity index (χ1) is 13.8. The average Bonchev–Trinajstić information content (AvgIpc) is 3.53. The van der Waals surface area contributed by atoms with Crippen LogP contribution < -0.4 is 10.6 Å². The smallest absolute Gasteiger partial charge is 0.255 e. The molecule has 0 aromatic heterocycles. The summed E-state index contributed by atoms with van der Waals surface area (Å²) in [5, 5.41) is 5.66. The zero-order valence-corrected chi connectivity index (χ0v) is 17.3. The number of nitrogens with zero attached hydrogens (tertiary/aromatic N) is 1. The third-order valence-electron chi connectivity index (χ3n) is 4.78. The second-order valence-electron chi connectivity index (χ2n) is 6.89. The van der Waals surface area contributed by atoms with E-state index in [0.717, 1.165) is 12.8 Å². The zero-order chi connectivity index (χ0) is 21.0. The van der Waals surface area contributed by atoms with Crippen molar-refractivity contribution in [3.63, 3.8) is 0 Å². The summed E-state index contributed by atoms with van der Waals surface area (Å²) in [5.41, 5.74) is 1.44. The zero-order valence-electron chi connectivity index (χ0n) is 16.5. The highest BCUT2D eigenvalue weighted by atomic mass is 32.2. The van der Waals surface area contributed by atoms with Gasteiger partial charge in [-0.15, -0.1) is 0 Å². The number of hydrogen-bond acceptors (Lipinski definition) is 4. The highest BCUT2D eigenvalue weighted by molar-refractivity contribution is 7.89. The van der Waals surface area contributed by atoms with Crippen molar-refractivity contribution in [3.05, 3.63) is 59.7 Å². The van der Waals surface area contributed by atoms with Gasteiger partial charge in [0.15, 0.2) is 0 Å². The predicted octanol–water partition coefficient (Wildman–Crippen LogP) is 2.86. The number of anilines is 1. The average molecular weight is 416 g/mol. The van der Waals surface area contributed by atoms with Gasteiger partial charge in [0.05, 0.1) is 4.90 Å². The minimum Gasteiger partial charge on any atom is -0.349 e. The first kappa shape index (κ1) is 21.0. The molecule has 0 spiro atoms. The van der Waals surface area contributed by atoms with Gasteiger partial charge in [0, 0.05) is 35.9 Å². The maximum absolute atomic E-state index is 12.5. The molecule has 0 bridgehead atoms. The topological polar surface area (TPSA) is 95.6 Å². The molecular formula is C21H25N3O4S. The highest BCUT2D eigenvalue weighted by Crippen LogP contribution is 2.20. The molecular weight excluding hydrogens is 390 g/mol. The van der Waals surface area contributed by atoms with E-state index in [9.17, 15) is 18.0 Å². The number of amides is 2. The van der Waals surface area contributed by atoms with Gasteiger partial charge in [0.25, 0.3) is 11.8 Å². The molecule has 1 aliphatic carbocycles. The number of rotatable bonds is 8. The Hall–Kier alpha value is -2.71. The number of carbonyl (C=O) groups is 2. The fraction of sp³-hybridized carbons (Fsp3) is 0.333. The van der Waals surface area contributed by atoms with E-state index >= 15 is 0 Å². The molecule has 3 rings (SSSR count). The summed E-state index contributed by atoms with van der Waals surface area (Å²) >= 11 is 0. The van der Waals surface area contributed by atoms with E-state index in [1.165, 1.54) is 28.6 Å². The van der Waals surface area contributed by atoms with Crippen LogP contribution in [-0.2, 0) is 10.0 Å². The Morgan fingerprint density at radius 3 is 1.93 bits per heavy atom. The van der Waals surface area contributed by atoms with Crippen molar-refractivity contribution >= 4 is 27.5 Å². The van der Waals surface area contributed by atoms with E-state index in [2.05, 4.69) is 10.6 Å². The number of hydrogen-bond donors (Lipinski definition) is 2. The van der Waals surface area contributed by atoms with Gasteiger partial charge in [-0.3, -0.25) is 9.59 Å². The lowest BCUT2D eigenvalue weighted by atomic mass is 10.1. The lowest BCUT2D eigenvalue weighted by molar-refractivity contribution is 0.0950. The van der Waals surface area contributed by atoms with Crippen LogP contribution in [0.5, 0.6) is 0 Å². The molecule has 154 valence electrons. The molecule has 0 heterocycles. The van der Waals surface area contributed by atoms with Gasteiger partial charge in [0.2, 0.25) is 10.0 Å². The summed E-state index contributed by atoms with van der Waals surface area (Å²) in [5.74, 6) is -0.470. The lowest BCUT2D eigenvalue weighted by Crippen LogP contribution is -2.30. The van der Waals surface area contributed by atoms with Gasteiger partial charge < -0.3 is 10.6 Å². The third kappa shape index (κ3) is 5.02. The number of nitrogens with one attached hydrogen (secondary N) is 2. The molecule has 0 atom stereocenters. The number of carbonyl (C=O) groups excluding carboxylic acids is 2. The summed E-state index contributed by atoms with van der Waals surface area (Å²) in [6, 6.07) is 12.8. The normalized spacial score (nSPS) is 13.9. The second-order valence-corrected chi connectivity index (χ2v) is 8.83. The highest BCUT2D eigenvalue weighted by Gasteiger charge is 2.24. The van der Waals surface area contributed by atoms with Crippen molar-refractivity contribution in [3.8, 4) is 0 Å². The Balaban J connectivity index is 1.65. The molecule has 2 amide bonds. The molecule has 1 aliphatic rings. The van der Waals surface area contributed by atoms with Crippen LogP contribution in [0.1, 0.15) is 47.4 Å². The van der Waals surface area contributed by atoms with Gasteiger partial charge in [0.1, 0.15) is 0 Å². The fourth-order valence-corrected chi connectivity index (χ4v) is 4.35. The minimum absolute atomic E-state index is 0.115. The van der Waals surface area contributed by atoms with E-state index in [0.29, 0.717) is 29.9 Å². The third-order valence-corrected chi connectivity index (χ3v) is 6.84. The quantitative estimate of drug-likeness (QED) is 0.693. The van der Waals surface area contributed by atoms with Crippen molar-refractivity contribution in [2.75, 3.05) is 18.4 Å². The number of sulfonamides is 1. The maximum atomic E-state index is 12.5. The van der Waals surface area contributed by atoms with Crippen LogP contribution in [0, 0.1) is 0 Å². The molecule has 2 N–H and O–H groups in total. The Bertz CT molecular complexity index is 978. The van der Waals surface area contributed by atoms with Crippen molar-refractivity contribution in [2.24, 2.45) is 0 Å². The fourth-order valence-electron chi connectivity index (χ4n) is 2.90. The van der Waals surface area contributed by atoms with Crippen LogP contribution in [-0.4, -0.2) is 43.7 Å². The second kappa shape index (κ2) is 8.75. The molecule has 2 aromatic carbocycles. The predicted molar refractivity (Wildman–Crippen MR) is 111 cm³/mol. The first-order valence-corrected chi connectivity index (χ1v) is 11.1. The van der Waals surface area contributed by atoms with E-state index < -0.39 is 10.0 Å².